The molecule has 2 amide bonds. The van der Waals surface area contributed by atoms with Crippen molar-refractivity contribution in [3.63, 3.8) is 0 Å². The van der Waals surface area contributed by atoms with Gasteiger partial charge in [-0.1, -0.05) is 6.07 Å². The Morgan fingerprint density at radius 2 is 1.60 bits per heavy atom. The Hall–Kier alpha value is -1.86. The lowest BCUT2D eigenvalue weighted by molar-refractivity contribution is 0.0967. The number of carbonyl (C=O) groups excluding carboxylic acids is 2. The Labute approximate surface area is 85.6 Å². The highest BCUT2D eigenvalue weighted by atomic mass is 16.4. The summed E-state index contributed by atoms with van der Waals surface area (Å²) in [6, 6.07) is 3.61. The fraction of sp³-hybridized carbons (Fsp3) is 0. The largest absolute Gasteiger partial charge is 0.488 e. The van der Waals surface area contributed by atoms with Gasteiger partial charge in [-0.25, -0.2) is 0 Å². The van der Waals surface area contributed by atoms with Crippen molar-refractivity contribution in [2.24, 2.45) is 11.5 Å². The molecule has 0 aliphatic heterocycles. The second kappa shape index (κ2) is 4.12. The van der Waals surface area contributed by atoms with Crippen LogP contribution in [0, 0.1) is 0 Å². The van der Waals surface area contributed by atoms with E-state index in [2.05, 4.69) is 0 Å². The van der Waals surface area contributed by atoms with E-state index in [9.17, 15) is 9.59 Å². The highest BCUT2D eigenvalue weighted by Gasteiger charge is 2.18. The summed E-state index contributed by atoms with van der Waals surface area (Å²) in [4.78, 5) is 21.8. The Morgan fingerprint density at radius 3 is 2.00 bits per heavy atom. The maximum atomic E-state index is 11.0. The van der Waals surface area contributed by atoms with E-state index in [-0.39, 0.29) is 16.6 Å². The molecule has 1 aromatic rings. The third-order valence-corrected chi connectivity index (χ3v) is 1.87. The quantitative estimate of drug-likeness (QED) is 0.411. The first-order valence-corrected chi connectivity index (χ1v) is 4.03. The van der Waals surface area contributed by atoms with Gasteiger partial charge >= 0.3 is 7.12 Å². The second-order valence-electron chi connectivity index (χ2n) is 2.91. The molecule has 0 saturated carbocycles. The molecule has 78 valence electrons. The number of benzene rings is 1. The van der Waals surface area contributed by atoms with Crippen molar-refractivity contribution in [1.29, 1.82) is 0 Å². The van der Waals surface area contributed by atoms with Gasteiger partial charge in [-0.3, -0.25) is 9.59 Å². The zero-order valence-corrected chi connectivity index (χ0v) is 7.68. The van der Waals surface area contributed by atoms with E-state index in [1.807, 2.05) is 0 Å². The van der Waals surface area contributed by atoms with E-state index in [4.69, 9.17) is 21.5 Å². The highest BCUT2D eigenvalue weighted by Crippen LogP contribution is 2.05. The van der Waals surface area contributed by atoms with Crippen molar-refractivity contribution >= 4 is 24.4 Å². The smallest absolute Gasteiger partial charge is 0.423 e. The monoisotopic (exact) mass is 208 g/mol. The molecule has 0 bridgehead atoms. The standard InChI is InChI=1S/C8H9BN2O4/c10-7(12)5-2-1-4(9(14)15)3-6(5)8(11)13/h1-3,14-15H,(H2,10,12)(H2,11,13). The summed E-state index contributed by atoms with van der Waals surface area (Å²) in [6.45, 7) is 0. The molecule has 0 saturated heterocycles. The molecule has 0 fully saturated rings. The summed E-state index contributed by atoms with van der Waals surface area (Å²) in [5.74, 6) is -1.66. The van der Waals surface area contributed by atoms with Gasteiger partial charge in [-0.05, 0) is 17.6 Å². The summed E-state index contributed by atoms with van der Waals surface area (Å²) in [6.07, 6.45) is 0. The first kappa shape index (κ1) is 11.2. The molecule has 15 heavy (non-hydrogen) atoms. The zero-order chi connectivity index (χ0) is 11.6. The Kier molecular flexibility index (Phi) is 3.08. The molecular formula is C8H9BN2O4. The van der Waals surface area contributed by atoms with E-state index >= 15 is 0 Å². The highest BCUT2D eigenvalue weighted by molar-refractivity contribution is 6.58. The predicted molar refractivity (Wildman–Crippen MR) is 53.3 cm³/mol. The van der Waals surface area contributed by atoms with Crippen LogP contribution >= 0.6 is 0 Å². The van der Waals surface area contributed by atoms with Crippen LogP contribution < -0.4 is 16.9 Å². The van der Waals surface area contributed by atoms with Crippen LogP contribution in [-0.4, -0.2) is 29.0 Å². The van der Waals surface area contributed by atoms with Gasteiger partial charge in [-0.15, -0.1) is 0 Å². The van der Waals surface area contributed by atoms with Gasteiger partial charge < -0.3 is 21.5 Å². The third kappa shape index (κ3) is 2.33. The first-order chi connectivity index (χ1) is 6.93. The average Bonchev–Trinajstić information content (AvgIpc) is 2.16. The first-order valence-electron chi connectivity index (χ1n) is 4.03. The molecule has 0 aromatic heterocycles. The van der Waals surface area contributed by atoms with Gasteiger partial charge in [0.05, 0.1) is 11.1 Å². The van der Waals surface area contributed by atoms with Crippen LogP contribution in [0.3, 0.4) is 0 Å². The van der Waals surface area contributed by atoms with Gasteiger partial charge in [0.1, 0.15) is 0 Å². The molecule has 1 aromatic carbocycles. The fourth-order valence-corrected chi connectivity index (χ4v) is 1.14. The minimum atomic E-state index is -1.73. The number of carbonyl (C=O) groups is 2. The number of hydrogen-bond donors (Lipinski definition) is 4. The number of nitrogens with two attached hydrogens (primary N) is 2. The van der Waals surface area contributed by atoms with E-state index in [0.717, 1.165) is 6.07 Å². The summed E-state index contributed by atoms with van der Waals surface area (Å²) in [5.41, 5.74) is 9.90. The Morgan fingerprint density at radius 1 is 1.07 bits per heavy atom. The van der Waals surface area contributed by atoms with Crippen LogP contribution in [0.4, 0.5) is 0 Å². The van der Waals surface area contributed by atoms with E-state index in [1.54, 1.807) is 0 Å². The summed E-state index contributed by atoms with van der Waals surface area (Å²) >= 11 is 0. The zero-order valence-electron chi connectivity index (χ0n) is 7.68. The van der Waals surface area contributed by atoms with Gasteiger partial charge in [0, 0.05) is 0 Å². The minimum Gasteiger partial charge on any atom is -0.423 e. The van der Waals surface area contributed by atoms with Crippen LogP contribution in [-0.2, 0) is 0 Å². The summed E-state index contributed by atoms with van der Waals surface area (Å²) < 4.78 is 0. The van der Waals surface area contributed by atoms with Crippen molar-refractivity contribution in [1.82, 2.24) is 0 Å². The van der Waals surface area contributed by atoms with Crippen LogP contribution in [0.15, 0.2) is 18.2 Å². The van der Waals surface area contributed by atoms with Crippen molar-refractivity contribution in [2.45, 2.75) is 0 Å². The van der Waals surface area contributed by atoms with Crippen LogP contribution in [0.25, 0.3) is 0 Å². The van der Waals surface area contributed by atoms with Crippen LogP contribution in [0.2, 0.25) is 0 Å². The summed E-state index contributed by atoms with van der Waals surface area (Å²) in [7, 11) is -1.73. The third-order valence-electron chi connectivity index (χ3n) is 1.87. The second-order valence-corrected chi connectivity index (χ2v) is 2.91. The summed E-state index contributed by atoms with van der Waals surface area (Å²) in [5, 5.41) is 17.7. The molecule has 1 rings (SSSR count). The fourth-order valence-electron chi connectivity index (χ4n) is 1.14. The molecule has 0 atom stereocenters. The number of amides is 2. The number of primary amides is 2. The van der Waals surface area contributed by atoms with Crippen LogP contribution in [0.1, 0.15) is 20.7 Å². The topological polar surface area (TPSA) is 127 Å². The lowest BCUT2D eigenvalue weighted by Crippen LogP contribution is -2.32. The molecular weight excluding hydrogens is 199 g/mol. The van der Waals surface area contributed by atoms with Crippen molar-refractivity contribution < 1.29 is 19.6 Å². The molecule has 0 spiro atoms. The lowest BCUT2D eigenvalue weighted by atomic mass is 9.78. The van der Waals surface area contributed by atoms with Gasteiger partial charge in [0.15, 0.2) is 0 Å². The van der Waals surface area contributed by atoms with Gasteiger partial charge in [0.25, 0.3) is 0 Å². The van der Waals surface area contributed by atoms with Crippen molar-refractivity contribution in [3.8, 4) is 0 Å². The minimum absolute atomic E-state index is 0.0492. The molecule has 0 radical (unpaired) electrons. The average molecular weight is 208 g/mol. The SMILES string of the molecule is NC(=O)c1ccc(B(O)O)cc1C(N)=O. The normalized spacial score (nSPS) is 9.73. The van der Waals surface area contributed by atoms with Crippen molar-refractivity contribution in [3.05, 3.63) is 29.3 Å². The number of hydrogen-bond acceptors (Lipinski definition) is 4. The van der Waals surface area contributed by atoms with E-state index in [1.165, 1.54) is 12.1 Å². The van der Waals surface area contributed by atoms with Crippen molar-refractivity contribution in [2.75, 3.05) is 0 Å². The molecule has 7 heteroatoms. The Balaban J connectivity index is 3.33. The molecule has 0 aliphatic carbocycles. The molecule has 6 nitrogen and oxygen atoms in total. The Bertz CT molecular complexity index is 419. The lowest BCUT2D eigenvalue weighted by Gasteiger charge is -2.05. The predicted octanol–water partition coefficient (Wildman–Crippen LogP) is -2.44. The van der Waals surface area contributed by atoms with Gasteiger partial charge in [-0.2, -0.15) is 0 Å². The van der Waals surface area contributed by atoms with Gasteiger partial charge in [0.2, 0.25) is 11.8 Å². The molecule has 0 aliphatic rings. The molecule has 0 unspecified atom stereocenters. The van der Waals surface area contributed by atoms with E-state index in [0.29, 0.717) is 0 Å². The van der Waals surface area contributed by atoms with Crippen LogP contribution in [0.5, 0.6) is 0 Å². The number of rotatable bonds is 3. The maximum absolute atomic E-state index is 11.0. The maximum Gasteiger partial charge on any atom is 0.488 e. The molecule has 0 heterocycles. The van der Waals surface area contributed by atoms with E-state index < -0.39 is 18.9 Å². The molecule has 6 N–H and O–H groups in total.